The van der Waals surface area contributed by atoms with Crippen molar-refractivity contribution in [3.63, 3.8) is 0 Å². The molecular formula is C10H12N4O3S. The average Bonchev–Trinajstić information content (AvgIpc) is 2.73. The van der Waals surface area contributed by atoms with Crippen molar-refractivity contribution in [2.75, 3.05) is 23.8 Å². The molecule has 96 valence electrons. The predicted octanol–water partition coefficient (Wildman–Crippen LogP) is 0.319. The van der Waals surface area contributed by atoms with E-state index in [4.69, 9.17) is 10.5 Å². The number of amides is 2. The minimum Gasteiger partial charge on any atom is -0.447 e. The fraction of sp³-hybridized carbons (Fsp3) is 0.400. The fourth-order valence-electron chi connectivity index (χ4n) is 1.47. The van der Waals surface area contributed by atoms with Gasteiger partial charge in [-0.2, -0.15) is 0 Å². The summed E-state index contributed by atoms with van der Waals surface area (Å²) in [5, 5.41) is 0.630. The summed E-state index contributed by atoms with van der Waals surface area (Å²) in [5.41, 5.74) is 5.71. The first-order valence-electron chi connectivity index (χ1n) is 5.27. The van der Waals surface area contributed by atoms with Crippen LogP contribution >= 0.6 is 11.8 Å². The molecule has 7 nitrogen and oxygen atoms in total. The van der Waals surface area contributed by atoms with E-state index in [9.17, 15) is 9.59 Å². The first-order chi connectivity index (χ1) is 8.58. The number of cyclic esters (lactones) is 1. The van der Waals surface area contributed by atoms with Crippen molar-refractivity contribution >= 4 is 29.6 Å². The van der Waals surface area contributed by atoms with Gasteiger partial charge in [0.25, 0.3) is 0 Å². The van der Waals surface area contributed by atoms with E-state index in [0.29, 0.717) is 29.7 Å². The van der Waals surface area contributed by atoms with E-state index in [-0.39, 0.29) is 5.75 Å². The summed E-state index contributed by atoms with van der Waals surface area (Å²) in [5.74, 6) is 0.201. The van der Waals surface area contributed by atoms with E-state index in [1.165, 1.54) is 22.9 Å². The third kappa shape index (κ3) is 2.70. The first kappa shape index (κ1) is 12.6. The summed E-state index contributed by atoms with van der Waals surface area (Å²) in [6, 6.07) is 0. The van der Waals surface area contributed by atoms with Gasteiger partial charge in [-0.3, -0.25) is 9.69 Å². The molecule has 0 unspecified atom stereocenters. The molecule has 2 heterocycles. The van der Waals surface area contributed by atoms with Gasteiger partial charge in [0.1, 0.15) is 11.6 Å². The number of ether oxygens (including phenoxy) is 1. The quantitative estimate of drug-likeness (QED) is 0.789. The number of aryl methyl sites for hydroxylation is 1. The molecule has 2 amide bonds. The van der Waals surface area contributed by atoms with Crippen molar-refractivity contribution < 1.29 is 14.3 Å². The predicted molar refractivity (Wildman–Crippen MR) is 65.4 cm³/mol. The summed E-state index contributed by atoms with van der Waals surface area (Å²) in [6.45, 7) is 2.60. The van der Waals surface area contributed by atoms with Gasteiger partial charge in [0.05, 0.1) is 24.2 Å². The highest BCUT2D eigenvalue weighted by atomic mass is 32.2. The zero-order chi connectivity index (χ0) is 13.1. The standard InChI is InChI=1S/C10H12N4O3S/c1-6-9(18-5-7(11)15)12-4-8(13-6)14-2-3-17-10(14)16/h4H,2-3,5H2,1H3,(H2,11,15). The summed E-state index contributed by atoms with van der Waals surface area (Å²) in [4.78, 5) is 31.9. The van der Waals surface area contributed by atoms with Crippen LogP contribution in [0.1, 0.15) is 5.69 Å². The number of anilines is 1. The second kappa shape index (κ2) is 5.21. The highest BCUT2D eigenvalue weighted by molar-refractivity contribution is 7.99. The number of primary amides is 1. The van der Waals surface area contributed by atoms with Gasteiger partial charge >= 0.3 is 6.09 Å². The second-order valence-corrected chi connectivity index (χ2v) is 4.60. The molecule has 0 saturated carbocycles. The number of carbonyl (C=O) groups is 2. The van der Waals surface area contributed by atoms with Gasteiger partial charge in [-0.1, -0.05) is 11.8 Å². The average molecular weight is 268 g/mol. The largest absolute Gasteiger partial charge is 0.447 e. The normalized spacial score (nSPS) is 14.7. The minimum atomic E-state index is -0.416. The number of carbonyl (C=O) groups excluding carboxylic acids is 2. The Morgan fingerprint density at radius 2 is 2.44 bits per heavy atom. The van der Waals surface area contributed by atoms with Gasteiger partial charge < -0.3 is 10.5 Å². The molecule has 1 fully saturated rings. The highest BCUT2D eigenvalue weighted by Gasteiger charge is 2.25. The Morgan fingerprint density at radius 1 is 1.67 bits per heavy atom. The maximum absolute atomic E-state index is 11.4. The van der Waals surface area contributed by atoms with Gasteiger partial charge in [0.2, 0.25) is 5.91 Å². The molecular weight excluding hydrogens is 256 g/mol. The van der Waals surface area contributed by atoms with Gasteiger partial charge in [0.15, 0.2) is 5.82 Å². The summed E-state index contributed by atoms with van der Waals surface area (Å²) in [7, 11) is 0. The highest BCUT2D eigenvalue weighted by Crippen LogP contribution is 2.22. The molecule has 1 aliphatic heterocycles. The van der Waals surface area contributed by atoms with Crippen molar-refractivity contribution in [2.45, 2.75) is 11.9 Å². The Balaban J connectivity index is 2.14. The number of hydrogen-bond donors (Lipinski definition) is 1. The topological polar surface area (TPSA) is 98.4 Å². The Kier molecular flexibility index (Phi) is 3.66. The third-order valence-corrected chi connectivity index (χ3v) is 3.38. The molecule has 0 aromatic carbocycles. The lowest BCUT2D eigenvalue weighted by Crippen LogP contribution is -2.25. The molecule has 8 heteroatoms. The van der Waals surface area contributed by atoms with Crippen molar-refractivity contribution in [1.29, 1.82) is 0 Å². The van der Waals surface area contributed by atoms with Crippen LogP contribution < -0.4 is 10.6 Å². The van der Waals surface area contributed by atoms with Gasteiger partial charge in [-0.15, -0.1) is 0 Å². The molecule has 0 bridgehead atoms. The molecule has 0 aliphatic carbocycles. The van der Waals surface area contributed by atoms with Crippen LogP contribution in [0.25, 0.3) is 0 Å². The van der Waals surface area contributed by atoms with Crippen LogP contribution in [0.4, 0.5) is 10.6 Å². The Bertz CT molecular complexity index is 494. The third-order valence-electron chi connectivity index (χ3n) is 2.28. The van der Waals surface area contributed by atoms with Crippen molar-refractivity contribution in [3.05, 3.63) is 11.9 Å². The molecule has 0 radical (unpaired) electrons. The maximum atomic E-state index is 11.4. The number of nitrogens with zero attached hydrogens (tertiary/aromatic N) is 3. The summed E-state index contributed by atoms with van der Waals surface area (Å²) >= 11 is 1.22. The van der Waals surface area contributed by atoms with Crippen molar-refractivity contribution in [3.8, 4) is 0 Å². The van der Waals surface area contributed by atoms with Crippen LogP contribution in [0.5, 0.6) is 0 Å². The van der Waals surface area contributed by atoms with E-state index in [0.717, 1.165) is 0 Å². The van der Waals surface area contributed by atoms with Crippen LogP contribution in [0, 0.1) is 6.92 Å². The summed E-state index contributed by atoms with van der Waals surface area (Å²) < 4.78 is 4.82. The lowest BCUT2D eigenvalue weighted by Gasteiger charge is -2.12. The molecule has 18 heavy (non-hydrogen) atoms. The first-order valence-corrected chi connectivity index (χ1v) is 6.25. The van der Waals surface area contributed by atoms with Gasteiger partial charge in [0, 0.05) is 0 Å². The minimum absolute atomic E-state index is 0.153. The number of aromatic nitrogens is 2. The van der Waals surface area contributed by atoms with E-state index in [2.05, 4.69) is 9.97 Å². The fourth-order valence-corrected chi connectivity index (χ4v) is 2.13. The van der Waals surface area contributed by atoms with E-state index in [1.807, 2.05) is 0 Å². The Hall–Kier alpha value is -1.83. The Morgan fingerprint density at radius 3 is 3.00 bits per heavy atom. The van der Waals surface area contributed by atoms with E-state index < -0.39 is 12.0 Å². The van der Waals surface area contributed by atoms with Crippen LogP contribution in [0.15, 0.2) is 11.2 Å². The smallest absolute Gasteiger partial charge is 0.415 e. The zero-order valence-electron chi connectivity index (χ0n) is 9.75. The van der Waals surface area contributed by atoms with Crippen molar-refractivity contribution in [2.24, 2.45) is 5.73 Å². The molecule has 0 spiro atoms. The molecule has 0 atom stereocenters. The number of thioether (sulfide) groups is 1. The maximum Gasteiger partial charge on any atom is 0.415 e. The molecule has 2 rings (SSSR count). The molecule has 1 aromatic rings. The van der Waals surface area contributed by atoms with Crippen LogP contribution in [0.3, 0.4) is 0 Å². The van der Waals surface area contributed by atoms with E-state index in [1.54, 1.807) is 6.92 Å². The summed E-state index contributed by atoms with van der Waals surface area (Å²) in [6.07, 6.45) is 1.07. The number of hydrogen-bond acceptors (Lipinski definition) is 6. The Labute approximate surface area is 108 Å². The van der Waals surface area contributed by atoms with Gasteiger partial charge in [-0.25, -0.2) is 14.8 Å². The molecule has 1 saturated heterocycles. The molecule has 1 aromatic heterocycles. The van der Waals surface area contributed by atoms with Crippen LogP contribution in [0.2, 0.25) is 0 Å². The monoisotopic (exact) mass is 268 g/mol. The molecule has 2 N–H and O–H groups in total. The SMILES string of the molecule is Cc1nc(N2CCOC2=O)cnc1SCC(N)=O. The number of nitrogens with two attached hydrogens (primary N) is 1. The van der Waals surface area contributed by atoms with E-state index >= 15 is 0 Å². The van der Waals surface area contributed by atoms with Gasteiger partial charge in [-0.05, 0) is 6.92 Å². The zero-order valence-corrected chi connectivity index (χ0v) is 10.6. The lowest BCUT2D eigenvalue weighted by molar-refractivity contribution is -0.115. The lowest BCUT2D eigenvalue weighted by atomic mass is 10.5. The van der Waals surface area contributed by atoms with Crippen LogP contribution in [-0.2, 0) is 9.53 Å². The number of rotatable bonds is 4. The second-order valence-electron chi connectivity index (χ2n) is 3.64. The van der Waals surface area contributed by atoms with Crippen LogP contribution in [-0.4, -0.2) is 40.9 Å². The van der Waals surface area contributed by atoms with Crippen molar-refractivity contribution in [1.82, 2.24) is 9.97 Å². The molecule has 1 aliphatic rings.